The lowest BCUT2D eigenvalue weighted by atomic mass is 10.1. The van der Waals surface area contributed by atoms with Crippen molar-refractivity contribution in [2.75, 3.05) is 13.2 Å². The van der Waals surface area contributed by atoms with E-state index in [4.69, 9.17) is 33.8 Å². The first-order valence-electron chi connectivity index (χ1n) is 7.90. The SMILES string of the molecule is CC1(C)C(=O)N(Br)C(=O)N1Cl.CC1(C)C(=O)N(Br)C(=O)N1Cl.O=[N+]([O-])C(Br)(CO)CO. The number of aliphatic hydroxyl groups excluding tert-OH is 2. The number of alkyl halides is 1. The van der Waals surface area contributed by atoms with Crippen molar-refractivity contribution < 1.29 is 34.3 Å². The van der Waals surface area contributed by atoms with Gasteiger partial charge >= 0.3 is 16.5 Å². The second-order valence-electron chi connectivity index (χ2n) is 6.91. The fraction of sp³-hybridized carbons (Fsp3) is 0.692. The van der Waals surface area contributed by atoms with Gasteiger partial charge in [-0.05, 0) is 27.7 Å². The minimum atomic E-state index is -1.77. The van der Waals surface area contributed by atoms with Crippen LogP contribution in [-0.2, 0) is 9.59 Å². The highest BCUT2D eigenvalue weighted by atomic mass is 79.9. The second-order valence-corrected chi connectivity index (χ2v) is 10.5. The highest BCUT2D eigenvalue weighted by Gasteiger charge is 2.51. The summed E-state index contributed by atoms with van der Waals surface area (Å²) in [5.41, 5.74) is -1.91. The highest BCUT2D eigenvalue weighted by Crippen LogP contribution is 2.32. The molecule has 0 atom stereocenters. The molecule has 0 aromatic rings. The van der Waals surface area contributed by atoms with E-state index in [1.54, 1.807) is 27.7 Å². The number of amides is 6. The molecule has 2 aliphatic rings. The number of imide groups is 2. The molecule has 2 saturated heterocycles. The van der Waals surface area contributed by atoms with E-state index in [1.807, 2.05) is 0 Å². The number of carbonyl (C=O) groups excluding carboxylic acids is 4. The number of halogens is 5. The van der Waals surface area contributed by atoms with Crippen molar-refractivity contribution in [1.29, 1.82) is 0 Å². The molecular weight excluding hydrogens is 665 g/mol. The van der Waals surface area contributed by atoms with Gasteiger partial charge in [-0.1, -0.05) is 0 Å². The van der Waals surface area contributed by atoms with Crippen molar-refractivity contribution in [1.82, 2.24) is 16.7 Å². The van der Waals surface area contributed by atoms with E-state index in [9.17, 15) is 29.3 Å². The largest absolute Gasteiger partial charge is 0.388 e. The molecule has 13 nitrogen and oxygen atoms in total. The molecule has 0 aliphatic carbocycles. The standard InChI is InChI=1S/2C5H6BrClN2O2.C3H6BrNO4/c2*1-5(2)3(10)8(6)4(11)9(5)7;4-3(1-6,2-7)5(8)9/h2*1-2H3;6-7H,1-2H2. The Bertz CT molecular complexity index is 719. The summed E-state index contributed by atoms with van der Waals surface area (Å²) < 4.78 is 1.60. The zero-order chi connectivity index (χ0) is 25.1. The van der Waals surface area contributed by atoms with E-state index >= 15 is 0 Å². The molecule has 0 radical (unpaired) electrons. The van der Waals surface area contributed by atoms with Crippen molar-refractivity contribution >= 4 is 95.7 Å². The number of nitrogens with zero attached hydrogens (tertiary/aromatic N) is 5. The molecule has 0 spiro atoms. The summed E-state index contributed by atoms with van der Waals surface area (Å²) in [4.78, 5) is 53.5. The molecule has 18 heteroatoms. The maximum atomic E-state index is 11.2. The Labute approximate surface area is 212 Å². The van der Waals surface area contributed by atoms with Crippen LogP contribution in [0.4, 0.5) is 9.59 Å². The van der Waals surface area contributed by atoms with Gasteiger partial charge in [-0.3, -0.25) is 19.7 Å². The summed E-state index contributed by atoms with van der Waals surface area (Å²) >= 11 is 19.2. The number of hydrogen-bond donors (Lipinski definition) is 2. The van der Waals surface area contributed by atoms with Gasteiger partial charge in [0.2, 0.25) is 0 Å². The first kappa shape index (κ1) is 30.2. The number of rotatable bonds is 3. The van der Waals surface area contributed by atoms with Gasteiger partial charge < -0.3 is 10.2 Å². The molecule has 2 aliphatic heterocycles. The normalized spacial score (nSPS) is 19.8. The van der Waals surface area contributed by atoms with Crippen LogP contribution in [0.5, 0.6) is 0 Å². The maximum absolute atomic E-state index is 11.2. The maximum Gasteiger partial charge on any atom is 0.352 e. The summed E-state index contributed by atoms with van der Waals surface area (Å²) in [7, 11) is 0. The number of carbonyl (C=O) groups is 4. The van der Waals surface area contributed by atoms with Gasteiger partial charge in [-0.25, -0.2) is 18.4 Å². The van der Waals surface area contributed by atoms with Crippen LogP contribution in [0.2, 0.25) is 0 Å². The van der Waals surface area contributed by atoms with Gasteiger partial charge in [-0.15, -0.1) is 0 Å². The van der Waals surface area contributed by atoms with E-state index in [0.29, 0.717) is 0 Å². The minimum Gasteiger partial charge on any atom is -0.388 e. The number of urea groups is 2. The zero-order valence-corrected chi connectivity index (χ0v) is 22.7. The summed E-state index contributed by atoms with van der Waals surface area (Å²) in [6.45, 7) is 4.83. The third-order valence-corrected chi connectivity index (χ3v) is 7.04. The molecule has 0 aromatic heterocycles. The monoisotopic (exact) mass is 679 g/mol. The lowest BCUT2D eigenvalue weighted by Gasteiger charge is -2.18. The van der Waals surface area contributed by atoms with E-state index < -0.39 is 45.7 Å². The summed E-state index contributed by atoms with van der Waals surface area (Å²) in [5, 5.41) is 26.5. The Morgan fingerprint density at radius 3 is 1.19 bits per heavy atom. The van der Waals surface area contributed by atoms with Crippen molar-refractivity contribution in [2.24, 2.45) is 0 Å². The molecule has 2 N–H and O–H groups in total. The molecule has 0 saturated carbocycles. The third kappa shape index (κ3) is 6.17. The fourth-order valence-electron chi connectivity index (χ4n) is 1.62. The van der Waals surface area contributed by atoms with Crippen LogP contribution in [0.1, 0.15) is 27.7 Å². The first-order valence-corrected chi connectivity index (χ1v) is 10.8. The van der Waals surface area contributed by atoms with E-state index in [-0.39, 0.29) is 11.8 Å². The lowest BCUT2D eigenvalue weighted by Crippen LogP contribution is -2.39. The summed E-state index contributed by atoms with van der Waals surface area (Å²) in [5.74, 6) is -0.727. The van der Waals surface area contributed by atoms with Crippen LogP contribution < -0.4 is 0 Å². The Hall–Kier alpha value is -0.780. The molecule has 0 unspecified atom stereocenters. The average molecular weight is 683 g/mol. The number of hydrogen-bond acceptors (Lipinski definition) is 8. The highest BCUT2D eigenvalue weighted by molar-refractivity contribution is 9.10. The Balaban J connectivity index is 0.000000439. The molecule has 2 rings (SSSR count). The fourth-order valence-corrected chi connectivity index (χ4v) is 3.28. The van der Waals surface area contributed by atoms with Crippen LogP contribution in [0.15, 0.2) is 0 Å². The molecule has 31 heavy (non-hydrogen) atoms. The molecular formula is C13H18Br3Cl2N5O8. The molecule has 2 fully saturated rings. The van der Waals surface area contributed by atoms with Crippen molar-refractivity contribution in [3.05, 3.63) is 10.1 Å². The van der Waals surface area contributed by atoms with Crippen molar-refractivity contribution in [3.63, 3.8) is 0 Å². The zero-order valence-electron chi connectivity index (χ0n) is 16.4. The number of nitro groups is 1. The average Bonchev–Trinajstić information content (AvgIpc) is 2.94. The van der Waals surface area contributed by atoms with Crippen LogP contribution >= 0.6 is 71.8 Å². The van der Waals surface area contributed by atoms with E-state index in [1.165, 1.54) is 0 Å². The third-order valence-electron chi connectivity index (χ3n) is 3.87. The van der Waals surface area contributed by atoms with Crippen LogP contribution in [0.3, 0.4) is 0 Å². The number of aliphatic hydroxyl groups is 2. The van der Waals surface area contributed by atoms with Gasteiger partial charge in [0.1, 0.15) is 24.3 Å². The Kier molecular flexibility index (Phi) is 10.6. The predicted octanol–water partition coefficient (Wildman–Crippen LogP) is 2.32. The molecule has 2 heterocycles. The quantitative estimate of drug-likeness (QED) is 0.114. The minimum absolute atomic E-state index is 0.363. The lowest BCUT2D eigenvalue weighted by molar-refractivity contribution is -0.542. The molecule has 6 amide bonds. The second kappa shape index (κ2) is 10.9. The van der Waals surface area contributed by atoms with Crippen LogP contribution in [-0.4, -0.2) is 84.4 Å². The van der Waals surface area contributed by atoms with Crippen LogP contribution in [0, 0.1) is 10.1 Å². The van der Waals surface area contributed by atoms with Gasteiger partial charge in [0, 0.05) is 44.4 Å². The van der Waals surface area contributed by atoms with Crippen molar-refractivity contribution in [3.8, 4) is 0 Å². The molecule has 0 bridgehead atoms. The van der Waals surface area contributed by atoms with Gasteiger partial charge in [0.15, 0.2) is 0 Å². The smallest absolute Gasteiger partial charge is 0.352 e. The van der Waals surface area contributed by atoms with E-state index in [0.717, 1.165) is 16.7 Å². The molecule has 0 aromatic carbocycles. The summed E-state index contributed by atoms with van der Waals surface area (Å²) in [6.07, 6.45) is 0. The van der Waals surface area contributed by atoms with Gasteiger partial charge in [-0.2, -0.15) is 7.85 Å². The topological polar surface area (TPSA) is 165 Å². The van der Waals surface area contributed by atoms with Crippen LogP contribution in [0.25, 0.3) is 0 Å². The molecule has 178 valence electrons. The van der Waals surface area contributed by atoms with E-state index in [2.05, 4.69) is 48.2 Å². The van der Waals surface area contributed by atoms with Gasteiger partial charge in [0.05, 0.1) is 32.3 Å². The van der Waals surface area contributed by atoms with Gasteiger partial charge in [0.25, 0.3) is 11.8 Å². The summed E-state index contributed by atoms with van der Waals surface area (Å²) in [6, 6.07) is -1.11. The Morgan fingerprint density at radius 1 is 0.903 bits per heavy atom. The Morgan fingerprint density at radius 2 is 1.16 bits per heavy atom. The first-order chi connectivity index (χ1) is 13.8. The predicted molar refractivity (Wildman–Crippen MR) is 119 cm³/mol. The van der Waals surface area contributed by atoms with Crippen molar-refractivity contribution in [2.45, 2.75) is 43.2 Å².